The fourth-order valence-corrected chi connectivity index (χ4v) is 2.78. The molecule has 0 aliphatic heterocycles. The van der Waals surface area contributed by atoms with Gasteiger partial charge in [-0.25, -0.2) is 4.79 Å². The summed E-state index contributed by atoms with van der Waals surface area (Å²) in [4.78, 5) is 11.8. The third-order valence-electron chi connectivity index (χ3n) is 3.86. The van der Waals surface area contributed by atoms with Crippen molar-refractivity contribution in [2.24, 2.45) is 0 Å². The predicted molar refractivity (Wildman–Crippen MR) is 108 cm³/mol. The highest BCUT2D eigenvalue weighted by Crippen LogP contribution is 2.20. The Morgan fingerprint density at radius 1 is 1.15 bits per heavy atom. The number of hydrogen-bond donors (Lipinski definition) is 2. The van der Waals surface area contributed by atoms with Gasteiger partial charge < -0.3 is 20.1 Å². The quantitative estimate of drug-likeness (QED) is 0.558. The molecule has 2 aromatic rings. The number of anilines is 1. The maximum Gasteiger partial charge on any atom is 0.338 e. The molecule has 0 unspecified atom stereocenters. The fraction of sp³-hybridized carbons (Fsp3) is 0.300. The zero-order valence-corrected chi connectivity index (χ0v) is 16.1. The highest BCUT2D eigenvalue weighted by molar-refractivity contribution is 7.80. The number of rotatable bonds is 7. The summed E-state index contributed by atoms with van der Waals surface area (Å²) in [6.45, 7) is 4.21. The van der Waals surface area contributed by atoms with Crippen LogP contribution in [0.15, 0.2) is 48.5 Å². The second kappa shape index (κ2) is 9.77. The normalized spacial score (nSPS) is 11.3. The monoisotopic (exact) mass is 372 g/mol. The van der Waals surface area contributed by atoms with Gasteiger partial charge in [-0.15, -0.1) is 0 Å². The van der Waals surface area contributed by atoms with Crippen molar-refractivity contribution in [3.05, 3.63) is 59.7 Å². The van der Waals surface area contributed by atoms with Gasteiger partial charge in [0.15, 0.2) is 5.11 Å². The summed E-state index contributed by atoms with van der Waals surface area (Å²) in [5.74, 6) is 0.472. The lowest BCUT2D eigenvalue weighted by Crippen LogP contribution is -2.32. The lowest BCUT2D eigenvalue weighted by atomic mass is 10.0. The molecule has 1 atom stereocenters. The number of esters is 1. The summed E-state index contributed by atoms with van der Waals surface area (Å²) in [6, 6.07) is 15.1. The Labute approximate surface area is 159 Å². The van der Waals surface area contributed by atoms with Crippen molar-refractivity contribution in [2.45, 2.75) is 26.3 Å². The van der Waals surface area contributed by atoms with E-state index in [4.69, 9.17) is 21.7 Å². The van der Waals surface area contributed by atoms with Gasteiger partial charge in [-0.3, -0.25) is 0 Å². The zero-order valence-electron chi connectivity index (χ0n) is 15.2. The number of methoxy groups -OCH3 is 1. The summed E-state index contributed by atoms with van der Waals surface area (Å²) < 4.78 is 10.2. The van der Waals surface area contributed by atoms with Crippen LogP contribution in [0.2, 0.25) is 0 Å². The largest absolute Gasteiger partial charge is 0.497 e. The van der Waals surface area contributed by atoms with Gasteiger partial charge in [-0.2, -0.15) is 0 Å². The van der Waals surface area contributed by atoms with Crippen LogP contribution in [0, 0.1) is 0 Å². The molecule has 0 bridgehead atoms. The minimum atomic E-state index is -0.348. The van der Waals surface area contributed by atoms with E-state index in [0.717, 1.165) is 23.4 Å². The van der Waals surface area contributed by atoms with Gasteiger partial charge in [0, 0.05) is 5.69 Å². The Hall–Kier alpha value is -2.60. The minimum absolute atomic E-state index is 0.0779. The molecule has 0 aliphatic carbocycles. The lowest BCUT2D eigenvalue weighted by molar-refractivity contribution is 0.0526. The van der Waals surface area contributed by atoms with E-state index in [-0.39, 0.29) is 12.0 Å². The molecule has 2 rings (SSSR count). The first-order valence-electron chi connectivity index (χ1n) is 8.56. The molecule has 26 heavy (non-hydrogen) atoms. The number of carbonyl (C=O) groups excluding carboxylic acids is 1. The molecule has 2 aromatic carbocycles. The average molecular weight is 372 g/mol. The van der Waals surface area contributed by atoms with Crippen molar-refractivity contribution in [1.82, 2.24) is 5.32 Å². The number of hydrogen-bond acceptors (Lipinski definition) is 4. The second-order valence-electron chi connectivity index (χ2n) is 5.63. The van der Waals surface area contributed by atoms with Crippen LogP contribution < -0.4 is 15.4 Å². The maximum atomic E-state index is 11.8. The standard InChI is InChI=1S/C20H24N2O3S/c1-4-18(14-9-11-17(24-3)12-10-14)22-20(26)21-16-8-6-7-15(13-16)19(23)25-5-2/h6-13,18H,4-5H2,1-3H3,(H2,21,22,26)/t18-/m1/s1. The van der Waals surface area contributed by atoms with Crippen LogP contribution in [0.1, 0.15) is 42.2 Å². The first kappa shape index (κ1) is 19.7. The Morgan fingerprint density at radius 3 is 2.50 bits per heavy atom. The third kappa shape index (κ3) is 5.46. The molecule has 0 heterocycles. The first-order valence-corrected chi connectivity index (χ1v) is 8.96. The van der Waals surface area contributed by atoms with Gasteiger partial charge in [0.25, 0.3) is 0 Å². The van der Waals surface area contributed by atoms with E-state index in [1.165, 1.54) is 0 Å². The molecule has 5 nitrogen and oxygen atoms in total. The molecule has 0 amide bonds. The predicted octanol–water partition coefficient (Wildman–Crippen LogP) is 4.31. The maximum absolute atomic E-state index is 11.8. The number of ether oxygens (including phenoxy) is 2. The molecule has 0 saturated heterocycles. The van der Waals surface area contributed by atoms with Gasteiger partial charge in [-0.05, 0) is 61.5 Å². The molecule has 6 heteroatoms. The Kier molecular flexibility index (Phi) is 7.41. The second-order valence-corrected chi connectivity index (χ2v) is 6.04. The molecule has 0 saturated carbocycles. The number of thiocarbonyl (C=S) groups is 1. The highest BCUT2D eigenvalue weighted by atomic mass is 32.1. The smallest absolute Gasteiger partial charge is 0.338 e. The molecule has 0 aromatic heterocycles. The van der Waals surface area contributed by atoms with Crippen LogP contribution in [0.4, 0.5) is 5.69 Å². The number of benzene rings is 2. The summed E-state index contributed by atoms with van der Waals surface area (Å²) >= 11 is 5.42. The SMILES string of the molecule is CCOC(=O)c1cccc(NC(=S)N[C@H](CC)c2ccc(OC)cc2)c1. The zero-order chi connectivity index (χ0) is 18.9. The van der Waals surface area contributed by atoms with Gasteiger partial charge in [-0.1, -0.05) is 25.1 Å². The van der Waals surface area contributed by atoms with Crippen molar-refractivity contribution >= 4 is 29.0 Å². The van der Waals surface area contributed by atoms with Crippen molar-refractivity contribution in [3.63, 3.8) is 0 Å². The molecule has 0 aliphatic rings. The summed E-state index contributed by atoms with van der Waals surface area (Å²) in [5, 5.41) is 6.92. The van der Waals surface area contributed by atoms with Crippen molar-refractivity contribution < 1.29 is 14.3 Å². The van der Waals surface area contributed by atoms with Crippen LogP contribution in [0.25, 0.3) is 0 Å². The van der Waals surface area contributed by atoms with Gasteiger partial charge in [0.1, 0.15) is 5.75 Å². The first-order chi connectivity index (χ1) is 12.6. The summed E-state index contributed by atoms with van der Waals surface area (Å²) in [6.07, 6.45) is 0.872. The summed E-state index contributed by atoms with van der Waals surface area (Å²) in [7, 11) is 1.65. The van der Waals surface area contributed by atoms with E-state index in [1.54, 1.807) is 32.2 Å². The number of carbonyl (C=O) groups is 1. The van der Waals surface area contributed by atoms with E-state index in [2.05, 4.69) is 17.6 Å². The Balaban J connectivity index is 2.02. The van der Waals surface area contributed by atoms with E-state index >= 15 is 0 Å². The van der Waals surface area contributed by atoms with Gasteiger partial charge >= 0.3 is 5.97 Å². The van der Waals surface area contributed by atoms with E-state index in [1.807, 2.05) is 30.3 Å². The topological polar surface area (TPSA) is 59.6 Å². The molecular formula is C20H24N2O3S. The van der Waals surface area contributed by atoms with Crippen LogP contribution >= 0.6 is 12.2 Å². The Morgan fingerprint density at radius 2 is 1.88 bits per heavy atom. The van der Waals surface area contributed by atoms with Gasteiger partial charge in [0.05, 0.1) is 25.3 Å². The lowest BCUT2D eigenvalue weighted by Gasteiger charge is -2.20. The molecule has 0 spiro atoms. The average Bonchev–Trinajstić information content (AvgIpc) is 2.66. The molecule has 0 fully saturated rings. The Bertz CT molecular complexity index is 747. The molecule has 138 valence electrons. The fourth-order valence-electron chi connectivity index (χ4n) is 2.52. The van der Waals surface area contributed by atoms with Crippen molar-refractivity contribution in [1.29, 1.82) is 0 Å². The van der Waals surface area contributed by atoms with Crippen LogP contribution in [0.5, 0.6) is 5.75 Å². The molecule has 2 N–H and O–H groups in total. The minimum Gasteiger partial charge on any atom is -0.497 e. The molecule has 0 radical (unpaired) electrons. The van der Waals surface area contributed by atoms with Crippen molar-refractivity contribution in [3.8, 4) is 5.75 Å². The van der Waals surface area contributed by atoms with Crippen molar-refractivity contribution in [2.75, 3.05) is 19.0 Å². The van der Waals surface area contributed by atoms with E-state index in [0.29, 0.717) is 17.3 Å². The number of nitrogens with one attached hydrogen (secondary N) is 2. The van der Waals surface area contributed by atoms with Crippen LogP contribution in [-0.2, 0) is 4.74 Å². The van der Waals surface area contributed by atoms with Gasteiger partial charge in [0.2, 0.25) is 0 Å². The van der Waals surface area contributed by atoms with E-state index in [9.17, 15) is 4.79 Å². The molecular weight excluding hydrogens is 348 g/mol. The third-order valence-corrected chi connectivity index (χ3v) is 4.08. The van der Waals surface area contributed by atoms with Crippen LogP contribution in [-0.4, -0.2) is 24.8 Å². The van der Waals surface area contributed by atoms with Crippen LogP contribution in [0.3, 0.4) is 0 Å². The summed E-state index contributed by atoms with van der Waals surface area (Å²) in [5.41, 5.74) is 2.34. The highest BCUT2D eigenvalue weighted by Gasteiger charge is 2.12. The van der Waals surface area contributed by atoms with E-state index < -0.39 is 0 Å².